The number of carboxylic acids is 1. The minimum absolute atomic E-state index is 0.0988. The lowest BCUT2D eigenvalue weighted by atomic mass is 10.0. The molecule has 32 heavy (non-hydrogen) atoms. The van der Waals surface area contributed by atoms with E-state index >= 15 is 0 Å². The molecule has 2 N–H and O–H groups in total. The van der Waals surface area contributed by atoms with Crippen LogP contribution in [0, 0.1) is 6.92 Å². The summed E-state index contributed by atoms with van der Waals surface area (Å²) in [5.41, 5.74) is 3.05. The van der Waals surface area contributed by atoms with Gasteiger partial charge in [0.25, 0.3) is 5.56 Å². The molecule has 2 aromatic carbocycles. The van der Waals surface area contributed by atoms with Crippen molar-refractivity contribution in [1.29, 1.82) is 0 Å². The van der Waals surface area contributed by atoms with E-state index in [1.54, 1.807) is 35.9 Å². The van der Waals surface area contributed by atoms with Crippen LogP contribution in [0.1, 0.15) is 40.9 Å². The van der Waals surface area contributed by atoms with Gasteiger partial charge in [0.15, 0.2) is 0 Å². The number of fused-ring (bicyclic) bond motifs is 1. The number of carbonyl (C=O) groups is 1. The number of nitrogens with zero attached hydrogens (tertiary/aromatic N) is 3. The summed E-state index contributed by atoms with van der Waals surface area (Å²) < 4.78 is 7.17. The predicted molar refractivity (Wildman–Crippen MR) is 125 cm³/mol. The van der Waals surface area contributed by atoms with Gasteiger partial charge in [-0.25, -0.2) is 9.78 Å². The molecule has 2 heterocycles. The maximum Gasteiger partial charge on any atom is 0.337 e. The lowest BCUT2D eigenvalue weighted by molar-refractivity contribution is 0.0698. The van der Waals surface area contributed by atoms with E-state index in [0.29, 0.717) is 42.3 Å². The normalized spacial score (nSPS) is 15.4. The number of para-hydroxylation sites is 1. The zero-order valence-electron chi connectivity index (χ0n) is 18.6. The first kappa shape index (κ1) is 21.8. The van der Waals surface area contributed by atoms with Crippen molar-refractivity contribution in [3.05, 3.63) is 63.4 Å². The highest BCUT2D eigenvalue weighted by Crippen LogP contribution is 2.29. The van der Waals surface area contributed by atoms with Crippen molar-refractivity contribution in [3.63, 3.8) is 0 Å². The van der Waals surface area contributed by atoms with Gasteiger partial charge >= 0.3 is 5.97 Å². The molecule has 1 saturated heterocycles. The van der Waals surface area contributed by atoms with E-state index in [-0.39, 0.29) is 17.2 Å². The molecule has 0 amide bonds. The molecule has 1 aromatic heterocycles. The number of carboxylic acid groups (broad SMARTS) is 1. The van der Waals surface area contributed by atoms with Gasteiger partial charge in [-0.15, -0.1) is 0 Å². The third-order valence-electron chi connectivity index (χ3n) is 5.83. The number of ether oxygens (including phenoxy) is 1. The average molecular weight is 437 g/mol. The molecule has 1 atom stereocenters. The van der Waals surface area contributed by atoms with Crippen molar-refractivity contribution in [1.82, 2.24) is 9.55 Å². The first-order valence-corrected chi connectivity index (χ1v) is 10.8. The van der Waals surface area contributed by atoms with Crippen molar-refractivity contribution in [2.24, 2.45) is 7.05 Å². The highest BCUT2D eigenvalue weighted by Gasteiger charge is 2.21. The molecule has 0 saturated carbocycles. The van der Waals surface area contributed by atoms with Crippen molar-refractivity contribution in [2.75, 3.05) is 36.5 Å². The van der Waals surface area contributed by atoms with Crippen LogP contribution in [0.5, 0.6) is 0 Å². The molecule has 0 bridgehead atoms. The second-order valence-corrected chi connectivity index (χ2v) is 8.20. The number of nitrogens with one attached hydrogen (secondary N) is 1. The SMILES string of the molecule is Cc1cc(C(C)Nc2ccccc2C(=O)O)c2nc(N3CCCOCC3)n(C)c(=O)c2c1. The fourth-order valence-corrected chi connectivity index (χ4v) is 4.21. The molecule has 3 aromatic rings. The summed E-state index contributed by atoms with van der Waals surface area (Å²) in [5.74, 6) is -0.372. The van der Waals surface area contributed by atoms with E-state index < -0.39 is 5.97 Å². The van der Waals surface area contributed by atoms with Crippen molar-refractivity contribution < 1.29 is 14.6 Å². The topological polar surface area (TPSA) is 96.7 Å². The number of aromatic carboxylic acids is 1. The third kappa shape index (κ3) is 4.18. The van der Waals surface area contributed by atoms with Gasteiger partial charge in [-0.3, -0.25) is 9.36 Å². The maximum absolute atomic E-state index is 13.3. The first-order chi connectivity index (χ1) is 15.4. The lowest BCUT2D eigenvalue weighted by Gasteiger charge is -2.25. The second kappa shape index (κ2) is 9.00. The number of aromatic nitrogens is 2. The number of rotatable bonds is 5. The highest BCUT2D eigenvalue weighted by molar-refractivity contribution is 5.94. The summed E-state index contributed by atoms with van der Waals surface area (Å²) in [4.78, 5) is 31.9. The largest absolute Gasteiger partial charge is 0.478 e. The zero-order valence-corrected chi connectivity index (χ0v) is 18.6. The van der Waals surface area contributed by atoms with Crippen molar-refractivity contribution in [2.45, 2.75) is 26.3 Å². The van der Waals surface area contributed by atoms with E-state index in [0.717, 1.165) is 24.1 Å². The van der Waals surface area contributed by atoms with Crippen LogP contribution in [0.15, 0.2) is 41.2 Å². The predicted octanol–water partition coefficient (Wildman–Crippen LogP) is 3.34. The molecule has 8 nitrogen and oxygen atoms in total. The lowest BCUT2D eigenvalue weighted by Crippen LogP contribution is -2.33. The Labute approximate surface area is 186 Å². The molecule has 1 fully saturated rings. The van der Waals surface area contributed by atoms with Crippen LogP contribution in [0.3, 0.4) is 0 Å². The van der Waals surface area contributed by atoms with E-state index in [9.17, 15) is 14.7 Å². The molecular formula is C24H28N4O4. The maximum atomic E-state index is 13.3. The Morgan fingerprint density at radius 2 is 2.00 bits per heavy atom. The number of aryl methyl sites for hydroxylation is 1. The molecule has 1 aliphatic heterocycles. The van der Waals surface area contributed by atoms with Crippen LogP contribution in [0.25, 0.3) is 10.9 Å². The van der Waals surface area contributed by atoms with Crippen LogP contribution in [0.4, 0.5) is 11.6 Å². The molecule has 0 spiro atoms. The quantitative estimate of drug-likeness (QED) is 0.633. The third-order valence-corrected chi connectivity index (χ3v) is 5.83. The molecular weight excluding hydrogens is 408 g/mol. The standard InChI is InChI=1S/C24H28N4O4/c1-15-13-18(16(2)25-20-8-5-4-7-17(20)23(30)31)21-19(14-15)22(29)27(3)24(26-21)28-9-6-11-32-12-10-28/h4-5,7-8,13-14,16,25H,6,9-12H2,1-3H3,(H,30,31). The summed E-state index contributed by atoms with van der Waals surface area (Å²) in [5, 5.41) is 13.4. The molecule has 0 aliphatic carbocycles. The fraction of sp³-hybridized carbons (Fsp3) is 0.375. The average Bonchev–Trinajstić information content (AvgIpc) is 3.05. The minimum atomic E-state index is -0.993. The van der Waals surface area contributed by atoms with Crippen molar-refractivity contribution in [3.8, 4) is 0 Å². The summed E-state index contributed by atoms with van der Waals surface area (Å²) >= 11 is 0. The Hall–Kier alpha value is -3.39. The van der Waals surface area contributed by atoms with Crippen LogP contribution in [0.2, 0.25) is 0 Å². The minimum Gasteiger partial charge on any atom is -0.478 e. The second-order valence-electron chi connectivity index (χ2n) is 8.20. The van der Waals surface area contributed by atoms with Gasteiger partial charge in [-0.2, -0.15) is 0 Å². The van der Waals surface area contributed by atoms with Crippen LogP contribution in [-0.4, -0.2) is 46.9 Å². The monoisotopic (exact) mass is 436 g/mol. The van der Waals surface area contributed by atoms with Crippen LogP contribution < -0.4 is 15.8 Å². The summed E-state index contributed by atoms with van der Waals surface area (Å²) in [6, 6.07) is 10.4. The Balaban J connectivity index is 1.82. The van der Waals surface area contributed by atoms with Crippen LogP contribution >= 0.6 is 0 Å². The first-order valence-electron chi connectivity index (χ1n) is 10.8. The molecule has 168 valence electrons. The Morgan fingerprint density at radius 3 is 2.78 bits per heavy atom. The Bertz CT molecular complexity index is 1210. The van der Waals surface area contributed by atoms with E-state index in [4.69, 9.17) is 9.72 Å². The number of hydrogen-bond acceptors (Lipinski definition) is 6. The van der Waals surface area contributed by atoms with Crippen molar-refractivity contribution >= 4 is 28.5 Å². The molecule has 1 aliphatic rings. The molecule has 8 heteroatoms. The van der Waals surface area contributed by atoms with Gasteiger partial charge in [-0.1, -0.05) is 18.2 Å². The van der Waals surface area contributed by atoms with Gasteiger partial charge in [0.1, 0.15) is 0 Å². The highest BCUT2D eigenvalue weighted by atomic mass is 16.5. The number of benzene rings is 2. The van der Waals surface area contributed by atoms with Gasteiger partial charge in [-0.05, 0) is 44.0 Å². The van der Waals surface area contributed by atoms with Gasteiger partial charge in [0.2, 0.25) is 5.95 Å². The van der Waals surface area contributed by atoms with Gasteiger partial charge < -0.3 is 20.1 Å². The number of anilines is 2. The molecule has 1 unspecified atom stereocenters. The fourth-order valence-electron chi connectivity index (χ4n) is 4.21. The van der Waals surface area contributed by atoms with Crippen LogP contribution in [-0.2, 0) is 11.8 Å². The number of hydrogen-bond donors (Lipinski definition) is 2. The summed E-state index contributed by atoms with van der Waals surface area (Å²) in [6.07, 6.45) is 0.874. The van der Waals surface area contributed by atoms with Gasteiger partial charge in [0, 0.05) is 38.0 Å². The smallest absolute Gasteiger partial charge is 0.337 e. The van der Waals surface area contributed by atoms with E-state index in [2.05, 4.69) is 10.2 Å². The van der Waals surface area contributed by atoms with E-state index in [1.165, 1.54) is 0 Å². The Kier molecular flexibility index (Phi) is 6.14. The van der Waals surface area contributed by atoms with E-state index in [1.807, 2.05) is 26.0 Å². The molecule has 0 radical (unpaired) electrons. The summed E-state index contributed by atoms with van der Waals surface area (Å²) in [6.45, 7) is 6.64. The Morgan fingerprint density at radius 1 is 1.22 bits per heavy atom. The molecule has 4 rings (SSSR count). The summed E-state index contributed by atoms with van der Waals surface area (Å²) in [7, 11) is 1.75. The zero-order chi connectivity index (χ0) is 22.8. The van der Waals surface area contributed by atoms with Gasteiger partial charge in [0.05, 0.1) is 29.1 Å².